The number of nitrogens with one attached hydrogen (secondary N) is 1. The van der Waals surface area contributed by atoms with Crippen molar-refractivity contribution in [3.05, 3.63) is 34.9 Å². The van der Waals surface area contributed by atoms with Gasteiger partial charge < -0.3 is 10.1 Å². The Morgan fingerprint density at radius 1 is 1.37 bits per heavy atom. The minimum absolute atomic E-state index is 0.507. The fraction of sp³-hybridized carbons (Fsp3) is 0.231. The van der Waals surface area contributed by atoms with E-state index < -0.39 is 0 Å². The van der Waals surface area contributed by atoms with Crippen molar-refractivity contribution in [1.82, 2.24) is 9.97 Å². The molecule has 0 saturated carbocycles. The Labute approximate surface area is 125 Å². The smallest absolute Gasteiger partial charge is 0.238 e. The van der Waals surface area contributed by atoms with E-state index in [1.165, 1.54) is 0 Å². The first-order valence-corrected chi connectivity index (χ1v) is 7.83. The predicted molar refractivity (Wildman–Crippen MR) is 82.2 cm³/mol. The first-order chi connectivity index (χ1) is 9.24. The van der Waals surface area contributed by atoms with E-state index in [4.69, 9.17) is 4.74 Å². The normalized spacial score (nSPS) is 10.3. The van der Waals surface area contributed by atoms with Gasteiger partial charge in [-0.05, 0) is 41.2 Å². The lowest BCUT2D eigenvalue weighted by atomic mass is 10.3. The van der Waals surface area contributed by atoms with E-state index in [0.29, 0.717) is 11.8 Å². The minimum Gasteiger partial charge on any atom is -0.437 e. The maximum atomic E-state index is 5.86. The monoisotopic (exact) mass is 339 g/mol. The first-order valence-electron chi connectivity index (χ1n) is 5.82. The number of anilines is 1. The second-order valence-electron chi connectivity index (χ2n) is 3.63. The third-order valence-corrected chi connectivity index (χ3v) is 3.64. The van der Waals surface area contributed by atoms with Crippen LogP contribution in [0.1, 0.15) is 6.92 Å². The molecule has 0 saturated heterocycles. The van der Waals surface area contributed by atoms with Gasteiger partial charge in [0.1, 0.15) is 5.75 Å². The van der Waals surface area contributed by atoms with E-state index in [-0.39, 0.29) is 0 Å². The fourth-order valence-corrected chi connectivity index (χ4v) is 2.27. The quantitative estimate of drug-likeness (QED) is 0.827. The van der Waals surface area contributed by atoms with Gasteiger partial charge in [0.05, 0.1) is 10.7 Å². The third kappa shape index (κ3) is 3.61. The van der Waals surface area contributed by atoms with Crippen LogP contribution in [0.25, 0.3) is 0 Å². The molecule has 0 fully saturated rings. The van der Waals surface area contributed by atoms with Crippen molar-refractivity contribution in [3.63, 3.8) is 0 Å². The molecule has 2 aromatic rings. The van der Waals surface area contributed by atoms with Gasteiger partial charge in [0.15, 0.2) is 0 Å². The molecule has 19 heavy (non-hydrogen) atoms. The van der Waals surface area contributed by atoms with Crippen molar-refractivity contribution in [2.45, 2.75) is 11.8 Å². The molecule has 0 aliphatic carbocycles. The molecular formula is C13H14BrN3OS. The van der Waals surface area contributed by atoms with Gasteiger partial charge in [0.25, 0.3) is 0 Å². The minimum atomic E-state index is 0.507. The molecule has 2 rings (SSSR count). The average Bonchev–Trinajstić information content (AvgIpc) is 2.43. The summed E-state index contributed by atoms with van der Waals surface area (Å²) in [5.74, 6) is 1.85. The van der Waals surface area contributed by atoms with Gasteiger partial charge in [-0.15, -0.1) is 11.8 Å². The lowest BCUT2D eigenvalue weighted by Gasteiger charge is -2.10. The molecule has 0 atom stereocenters. The van der Waals surface area contributed by atoms with Crippen LogP contribution in [0.5, 0.6) is 11.6 Å². The summed E-state index contributed by atoms with van der Waals surface area (Å²) >= 11 is 5.04. The van der Waals surface area contributed by atoms with Crippen molar-refractivity contribution in [2.24, 2.45) is 0 Å². The number of hydrogen-bond acceptors (Lipinski definition) is 5. The third-order valence-electron chi connectivity index (χ3n) is 2.32. The van der Waals surface area contributed by atoms with Gasteiger partial charge in [-0.25, -0.2) is 4.98 Å². The van der Waals surface area contributed by atoms with Gasteiger partial charge in [-0.3, -0.25) is 0 Å². The zero-order chi connectivity index (χ0) is 13.7. The molecular weight excluding hydrogens is 326 g/mol. The molecule has 1 aromatic carbocycles. The van der Waals surface area contributed by atoms with Crippen molar-refractivity contribution in [1.29, 1.82) is 0 Å². The van der Waals surface area contributed by atoms with Crippen molar-refractivity contribution in [2.75, 3.05) is 18.1 Å². The SMILES string of the molecule is CCNc1ncc(Br)c(Oc2ccccc2SC)n1. The van der Waals surface area contributed by atoms with Gasteiger partial charge in [-0.1, -0.05) is 12.1 Å². The lowest BCUT2D eigenvalue weighted by Crippen LogP contribution is -2.03. The number of benzene rings is 1. The maximum absolute atomic E-state index is 5.86. The fourth-order valence-electron chi connectivity index (χ4n) is 1.47. The highest BCUT2D eigenvalue weighted by Gasteiger charge is 2.09. The Kier molecular flexibility index (Phi) is 5.04. The zero-order valence-electron chi connectivity index (χ0n) is 10.7. The number of thioether (sulfide) groups is 1. The molecule has 0 aliphatic heterocycles. The second-order valence-corrected chi connectivity index (χ2v) is 5.33. The predicted octanol–water partition coefficient (Wildman–Crippen LogP) is 4.19. The van der Waals surface area contributed by atoms with Crippen LogP contribution in [0.3, 0.4) is 0 Å². The summed E-state index contributed by atoms with van der Waals surface area (Å²) in [6.45, 7) is 2.76. The standard InChI is InChI=1S/C13H14BrN3OS/c1-3-15-13-16-8-9(14)12(17-13)18-10-6-4-5-7-11(10)19-2/h4-8H,3H2,1-2H3,(H,15,16,17). The molecule has 0 amide bonds. The number of nitrogens with zero attached hydrogens (tertiary/aromatic N) is 2. The van der Waals surface area contributed by atoms with Gasteiger partial charge in [-0.2, -0.15) is 4.98 Å². The molecule has 1 heterocycles. The molecule has 100 valence electrons. The lowest BCUT2D eigenvalue weighted by molar-refractivity contribution is 0.448. The Balaban J connectivity index is 2.29. The molecule has 0 spiro atoms. The van der Waals surface area contributed by atoms with Crippen LogP contribution in [0, 0.1) is 0 Å². The van der Waals surface area contributed by atoms with Gasteiger partial charge in [0.2, 0.25) is 11.8 Å². The van der Waals surface area contributed by atoms with Crippen LogP contribution >= 0.6 is 27.7 Å². The highest BCUT2D eigenvalue weighted by molar-refractivity contribution is 9.10. The Morgan fingerprint density at radius 3 is 2.89 bits per heavy atom. The molecule has 6 heteroatoms. The molecule has 1 aromatic heterocycles. The second kappa shape index (κ2) is 6.77. The number of hydrogen-bond donors (Lipinski definition) is 1. The van der Waals surface area contributed by atoms with E-state index in [1.54, 1.807) is 18.0 Å². The Hall–Kier alpha value is -1.27. The van der Waals surface area contributed by atoms with Crippen LogP contribution in [-0.4, -0.2) is 22.8 Å². The molecule has 4 nitrogen and oxygen atoms in total. The van der Waals surface area contributed by atoms with Crippen LogP contribution in [0.2, 0.25) is 0 Å². The zero-order valence-corrected chi connectivity index (χ0v) is 13.1. The van der Waals surface area contributed by atoms with Crippen molar-refractivity contribution >= 4 is 33.6 Å². The van der Waals surface area contributed by atoms with E-state index in [1.807, 2.05) is 37.4 Å². The first kappa shape index (κ1) is 14.1. The van der Waals surface area contributed by atoms with Gasteiger partial charge in [0, 0.05) is 11.4 Å². The van der Waals surface area contributed by atoms with E-state index in [0.717, 1.165) is 21.7 Å². The summed E-state index contributed by atoms with van der Waals surface area (Å²) in [5, 5.41) is 3.06. The van der Waals surface area contributed by atoms with Crippen LogP contribution in [0.4, 0.5) is 5.95 Å². The molecule has 0 bridgehead atoms. The summed E-state index contributed by atoms with van der Waals surface area (Å²) in [7, 11) is 0. The largest absolute Gasteiger partial charge is 0.437 e. The maximum Gasteiger partial charge on any atom is 0.238 e. The molecule has 0 radical (unpaired) electrons. The van der Waals surface area contributed by atoms with Gasteiger partial charge >= 0.3 is 0 Å². The molecule has 0 aliphatic rings. The van der Waals surface area contributed by atoms with E-state index >= 15 is 0 Å². The van der Waals surface area contributed by atoms with Crippen LogP contribution < -0.4 is 10.1 Å². The summed E-state index contributed by atoms with van der Waals surface area (Å²) in [5.41, 5.74) is 0. The van der Waals surface area contributed by atoms with Crippen molar-refractivity contribution < 1.29 is 4.74 Å². The highest BCUT2D eigenvalue weighted by Crippen LogP contribution is 2.33. The summed E-state index contributed by atoms with van der Waals surface area (Å²) in [4.78, 5) is 9.56. The highest BCUT2D eigenvalue weighted by atomic mass is 79.9. The molecule has 1 N–H and O–H groups in total. The number of ether oxygens (including phenoxy) is 1. The summed E-state index contributed by atoms with van der Waals surface area (Å²) in [6, 6.07) is 7.86. The number of rotatable bonds is 5. The summed E-state index contributed by atoms with van der Waals surface area (Å²) in [6.07, 6.45) is 3.70. The van der Waals surface area contributed by atoms with E-state index in [2.05, 4.69) is 31.2 Å². The number of aromatic nitrogens is 2. The topological polar surface area (TPSA) is 47.0 Å². The van der Waals surface area contributed by atoms with Crippen LogP contribution in [0.15, 0.2) is 39.8 Å². The van der Waals surface area contributed by atoms with Crippen LogP contribution in [-0.2, 0) is 0 Å². The molecule has 0 unspecified atom stereocenters. The number of halogens is 1. The van der Waals surface area contributed by atoms with E-state index in [9.17, 15) is 0 Å². The Morgan fingerprint density at radius 2 is 2.16 bits per heavy atom. The Bertz CT molecular complexity index is 565. The van der Waals surface area contributed by atoms with Crippen molar-refractivity contribution in [3.8, 4) is 11.6 Å². The average molecular weight is 340 g/mol. The number of para-hydroxylation sites is 1. The summed E-state index contributed by atoms with van der Waals surface area (Å²) < 4.78 is 6.59.